The Kier molecular flexibility index (Phi) is 3.19. The highest BCUT2D eigenvalue weighted by Gasteiger charge is 2.21. The topological polar surface area (TPSA) is 50.4 Å². The van der Waals surface area contributed by atoms with Crippen LogP contribution in [0.5, 0.6) is 0 Å². The number of carbonyl (C=O) groups is 1. The molecule has 1 heterocycles. The van der Waals surface area contributed by atoms with Gasteiger partial charge in [0, 0.05) is 15.4 Å². The predicted octanol–water partition coefficient (Wildman–Crippen LogP) is 3.99. The quantitative estimate of drug-likeness (QED) is 0.932. The number of rotatable bonds is 3. The number of carboxylic acid groups (broad SMARTS) is 1. The monoisotopic (exact) mass is 300 g/mol. The Bertz CT molecular complexity index is 589. The van der Waals surface area contributed by atoms with Gasteiger partial charge in [0.2, 0.25) is 5.76 Å². The molecule has 5 heteroatoms. The van der Waals surface area contributed by atoms with E-state index in [1.807, 2.05) is 6.92 Å². The number of aryl methyl sites for hydroxylation is 1. The lowest BCUT2D eigenvalue weighted by atomic mass is 10.1. The minimum absolute atomic E-state index is 0.00838. The summed E-state index contributed by atoms with van der Waals surface area (Å²) in [6.07, 6.45) is 1.31. The summed E-state index contributed by atoms with van der Waals surface area (Å²) < 4.78 is 19.3. The molecule has 0 aliphatic heterocycles. The molecule has 0 fully saturated rings. The molecule has 90 valence electrons. The fourth-order valence-electron chi connectivity index (χ4n) is 1.85. The molecule has 0 atom stereocenters. The van der Waals surface area contributed by atoms with Crippen LogP contribution in [0.25, 0.3) is 11.0 Å². The van der Waals surface area contributed by atoms with E-state index < -0.39 is 11.8 Å². The van der Waals surface area contributed by atoms with Crippen LogP contribution in [0, 0.1) is 5.82 Å². The first-order valence-corrected chi connectivity index (χ1v) is 5.97. The average molecular weight is 301 g/mol. The number of hydrogen-bond donors (Lipinski definition) is 1. The van der Waals surface area contributed by atoms with Crippen LogP contribution < -0.4 is 0 Å². The van der Waals surface area contributed by atoms with E-state index in [9.17, 15) is 9.18 Å². The Hall–Kier alpha value is -1.36. The zero-order valence-corrected chi connectivity index (χ0v) is 10.7. The fraction of sp³-hybridized carbons (Fsp3) is 0.250. The van der Waals surface area contributed by atoms with Crippen LogP contribution in [0.4, 0.5) is 4.39 Å². The summed E-state index contributed by atoms with van der Waals surface area (Å²) in [5.74, 6) is -1.89. The molecular weight excluding hydrogens is 291 g/mol. The van der Waals surface area contributed by atoms with Crippen molar-refractivity contribution in [1.82, 2.24) is 0 Å². The van der Waals surface area contributed by atoms with Crippen molar-refractivity contribution in [3.05, 3.63) is 33.7 Å². The molecule has 1 N–H and O–H groups in total. The van der Waals surface area contributed by atoms with Crippen LogP contribution in [-0.2, 0) is 6.42 Å². The van der Waals surface area contributed by atoms with E-state index in [2.05, 4.69) is 15.9 Å². The Morgan fingerprint density at radius 3 is 2.82 bits per heavy atom. The van der Waals surface area contributed by atoms with Crippen LogP contribution in [0.2, 0.25) is 0 Å². The van der Waals surface area contributed by atoms with Crippen molar-refractivity contribution in [3.8, 4) is 0 Å². The van der Waals surface area contributed by atoms with Crippen LogP contribution in [0.3, 0.4) is 0 Å². The van der Waals surface area contributed by atoms with E-state index in [0.717, 1.165) is 6.42 Å². The van der Waals surface area contributed by atoms with Crippen molar-refractivity contribution in [2.75, 3.05) is 0 Å². The molecule has 2 rings (SSSR count). The SMILES string of the molecule is CCCc1c(C(=O)O)oc2c(F)cc(Br)cc12. The highest BCUT2D eigenvalue weighted by atomic mass is 79.9. The van der Waals surface area contributed by atoms with Gasteiger partial charge in [0.05, 0.1) is 0 Å². The van der Waals surface area contributed by atoms with Crippen molar-refractivity contribution in [2.45, 2.75) is 19.8 Å². The number of fused-ring (bicyclic) bond motifs is 1. The van der Waals surface area contributed by atoms with Crippen molar-refractivity contribution in [1.29, 1.82) is 0 Å². The molecule has 0 bridgehead atoms. The van der Waals surface area contributed by atoms with Crippen LogP contribution >= 0.6 is 15.9 Å². The number of furan rings is 1. The molecule has 0 radical (unpaired) electrons. The standard InChI is InChI=1S/C12H10BrFO3/c1-2-3-7-8-4-6(13)5-9(14)10(8)17-11(7)12(15)16/h4-5H,2-3H2,1H3,(H,15,16). The third-order valence-corrected chi connectivity index (χ3v) is 2.96. The van der Waals surface area contributed by atoms with Gasteiger partial charge in [0.1, 0.15) is 0 Å². The number of halogens is 2. The summed E-state index contributed by atoms with van der Waals surface area (Å²) >= 11 is 3.19. The van der Waals surface area contributed by atoms with Gasteiger partial charge >= 0.3 is 5.97 Å². The molecule has 17 heavy (non-hydrogen) atoms. The fourth-order valence-corrected chi connectivity index (χ4v) is 2.28. The van der Waals surface area contributed by atoms with Gasteiger partial charge in [-0.1, -0.05) is 29.3 Å². The molecule has 1 aromatic heterocycles. The molecule has 0 aliphatic rings. The van der Waals surface area contributed by atoms with Crippen molar-refractivity contribution < 1.29 is 18.7 Å². The van der Waals surface area contributed by atoms with Gasteiger partial charge in [-0.05, 0) is 18.6 Å². The summed E-state index contributed by atoms with van der Waals surface area (Å²) in [6, 6.07) is 2.94. The van der Waals surface area contributed by atoms with Crippen molar-refractivity contribution >= 4 is 32.9 Å². The molecule has 0 saturated heterocycles. The van der Waals surface area contributed by atoms with Crippen LogP contribution in [-0.4, -0.2) is 11.1 Å². The molecule has 0 unspecified atom stereocenters. The summed E-state index contributed by atoms with van der Waals surface area (Å²) in [5, 5.41) is 9.55. The second-order valence-corrected chi connectivity index (χ2v) is 4.64. The summed E-state index contributed by atoms with van der Waals surface area (Å²) in [6.45, 7) is 1.93. The Balaban J connectivity index is 2.79. The smallest absolute Gasteiger partial charge is 0.372 e. The van der Waals surface area contributed by atoms with Crippen LogP contribution in [0.1, 0.15) is 29.5 Å². The Morgan fingerprint density at radius 1 is 1.53 bits per heavy atom. The van der Waals surface area contributed by atoms with E-state index in [0.29, 0.717) is 21.8 Å². The molecule has 0 aliphatic carbocycles. The molecular formula is C12H10BrFO3. The van der Waals surface area contributed by atoms with Gasteiger partial charge in [-0.15, -0.1) is 0 Å². The van der Waals surface area contributed by atoms with Gasteiger partial charge in [-0.3, -0.25) is 0 Å². The summed E-state index contributed by atoms with van der Waals surface area (Å²) in [4.78, 5) is 11.0. The molecule has 3 nitrogen and oxygen atoms in total. The average Bonchev–Trinajstić information content (AvgIpc) is 2.58. The third-order valence-electron chi connectivity index (χ3n) is 2.51. The van der Waals surface area contributed by atoms with E-state index in [1.165, 1.54) is 6.07 Å². The van der Waals surface area contributed by atoms with Crippen LogP contribution in [0.15, 0.2) is 21.0 Å². The first-order chi connectivity index (χ1) is 8.04. The molecule has 0 amide bonds. The second kappa shape index (κ2) is 4.49. The first kappa shape index (κ1) is 12.1. The zero-order chi connectivity index (χ0) is 12.6. The van der Waals surface area contributed by atoms with Gasteiger partial charge < -0.3 is 9.52 Å². The number of hydrogen-bond acceptors (Lipinski definition) is 2. The third kappa shape index (κ3) is 2.07. The van der Waals surface area contributed by atoms with E-state index in [1.54, 1.807) is 6.07 Å². The van der Waals surface area contributed by atoms with Crippen molar-refractivity contribution in [3.63, 3.8) is 0 Å². The first-order valence-electron chi connectivity index (χ1n) is 5.18. The molecule has 1 aromatic carbocycles. The normalized spacial score (nSPS) is 11.0. The van der Waals surface area contributed by atoms with Gasteiger partial charge in [0.15, 0.2) is 11.4 Å². The van der Waals surface area contributed by atoms with E-state index in [4.69, 9.17) is 9.52 Å². The highest BCUT2D eigenvalue weighted by molar-refractivity contribution is 9.10. The number of benzene rings is 1. The lowest BCUT2D eigenvalue weighted by molar-refractivity contribution is 0.0663. The Labute approximate surface area is 105 Å². The maximum absolute atomic E-state index is 13.6. The summed E-state index contributed by atoms with van der Waals surface area (Å²) in [5.41, 5.74) is 0.559. The summed E-state index contributed by atoms with van der Waals surface area (Å²) in [7, 11) is 0. The van der Waals surface area contributed by atoms with E-state index >= 15 is 0 Å². The highest BCUT2D eigenvalue weighted by Crippen LogP contribution is 2.31. The zero-order valence-electron chi connectivity index (χ0n) is 9.09. The number of carboxylic acids is 1. The van der Waals surface area contributed by atoms with Gasteiger partial charge in [0.25, 0.3) is 0 Å². The van der Waals surface area contributed by atoms with Crippen molar-refractivity contribution in [2.24, 2.45) is 0 Å². The minimum atomic E-state index is -1.17. The van der Waals surface area contributed by atoms with E-state index in [-0.39, 0.29) is 11.3 Å². The molecule has 0 spiro atoms. The molecule has 0 saturated carbocycles. The van der Waals surface area contributed by atoms with Gasteiger partial charge in [-0.25, -0.2) is 9.18 Å². The molecule has 2 aromatic rings. The maximum atomic E-state index is 13.6. The maximum Gasteiger partial charge on any atom is 0.372 e. The largest absolute Gasteiger partial charge is 0.475 e. The van der Waals surface area contributed by atoms with Gasteiger partial charge in [-0.2, -0.15) is 0 Å². The number of aromatic carboxylic acids is 1. The lowest BCUT2D eigenvalue weighted by Crippen LogP contribution is -1.98. The lowest BCUT2D eigenvalue weighted by Gasteiger charge is -1.97. The second-order valence-electron chi connectivity index (χ2n) is 3.73. The predicted molar refractivity (Wildman–Crippen MR) is 64.8 cm³/mol. The Morgan fingerprint density at radius 2 is 2.24 bits per heavy atom. The minimum Gasteiger partial charge on any atom is -0.475 e.